The van der Waals surface area contributed by atoms with E-state index >= 15 is 0 Å². The molecular formula is C13H15N3O4. The van der Waals surface area contributed by atoms with Crippen LogP contribution in [0, 0.1) is 0 Å². The fraction of sp³-hybridized carbons (Fsp3) is 0.231. The molecule has 0 unspecified atom stereocenters. The summed E-state index contributed by atoms with van der Waals surface area (Å²) in [6.45, 7) is 0. The Balaban J connectivity index is 2.76. The van der Waals surface area contributed by atoms with E-state index in [1.54, 1.807) is 25.2 Å². The van der Waals surface area contributed by atoms with Crippen molar-refractivity contribution in [1.29, 1.82) is 0 Å². The maximum absolute atomic E-state index is 11.3. The number of nitrogen functional groups attached to an aromatic ring is 1. The Morgan fingerprint density at radius 3 is 2.60 bits per heavy atom. The van der Waals surface area contributed by atoms with E-state index < -0.39 is 5.97 Å². The summed E-state index contributed by atoms with van der Waals surface area (Å²) in [5.74, 6) is 0.152. The van der Waals surface area contributed by atoms with Crippen LogP contribution in [0.15, 0.2) is 18.2 Å². The molecule has 3 N–H and O–H groups in total. The van der Waals surface area contributed by atoms with Crippen molar-refractivity contribution in [3.63, 3.8) is 0 Å². The fourth-order valence-electron chi connectivity index (χ4n) is 1.96. The van der Waals surface area contributed by atoms with Crippen molar-refractivity contribution in [1.82, 2.24) is 9.78 Å². The fourth-order valence-corrected chi connectivity index (χ4v) is 1.96. The lowest BCUT2D eigenvalue weighted by Gasteiger charge is -2.10. The first-order chi connectivity index (χ1) is 9.49. The predicted octanol–water partition coefficient (Wildman–Crippen LogP) is 1.38. The van der Waals surface area contributed by atoms with Crippen LogP contribution in [-0.4, -0.2) is 35.1 Å². The standard InChI is InChI=1S/C13H15N3O4/c1-16-12(14)10(11(15-16)13(17)18)8-6-7(19-2)4-5-9(8)20-3/h4-6H,14H2,1-3H3,(H,17,18). The number of benzene rings is 1. The highest BCUT2D eigenvalue weighted by atomic mass is 16.5. The summed E-state index contributed by atoms with van der Waals surface area (Å²) < 4.78 is 11.7. The van der Waals surface area contributed by atoms with E-state index in [9.17, 15) is 9.90 Å². The first-order valence-electron chi connectivity index (χ1n) is 5.77. The molecular weight excluding hydrogens is 262 g/mol. The molecule has 1 aromatic carbocycles. The van der Waals surface area contributed by atoms with Crippen molar-refractivity contribution in [2.45, 2.75) is 0 Å². The highest BCUT2D eigenvalue weighted by Gasteiger charge is 2.24. The molecule has 20 heavy (non-hydrogen) atoms. The van der Waals surface area contributed by atoms with Crippen molar-refractivity contribution in [2.75, 3.05) is 20.0 Å². The minimum Gasteiger partial charge on any atom is -0.497 e. The second-order valence-electron chi connectivity index (χ2n) is 4.10. The second-order valence-corrected chi connectivity index (χ2v) is 4.10. The van der Waals surface area contributed by atoms with Gasteiger partial charge in [0.2, 0.25) is 0 Å². The highest BCUT2D eigenvalue weighted by Crippen LogP contribution is 2.38. The molecule has 1 aromatic heterocycles. The van der Waals surface area contributed by atoms with Gasteiger partial charge in [0.1, 0.15) is 17.3 Å². The lowest BCUT2D eigenvalue weighted by atomic mass is 10.0. The SMILES string of the molecule is COc1ccc(OC)c(-c2c(C(=O)O)nn(C)c2N)c1. The first-order valence-corrected chi connectivity index (χ1v) is 5.77. The molecule has 2 rings (SSSR count). The van der Waals surface area contributed by atoms with Gasteiger partial charge in [0, 0.05) is 12.6 Å². The lowest BCUT2D eigenvalue weighted by molar-refractivity contribution is 0.0690. The van der Waals surface area contributed by atoms with Gasteiger partial charge in [-0.15, -0.1) is 0 Å². The number of aryl methyl sites for hydroxylation is 1. The maximum Gasteiger partial charge on any atom is 0.357 e. The van der Waals surface area contributed by atoms with E-state index in [0.29, 0.717) is 22.6 Å². The highest BCUT2D eigenvalue weighted by molar-refractivity contribution is 5.98. The molecule has 0 spiro atoms. The number of rotatable bonds is 4. The Labute approximate surface area is 115 Å². The lowest BCUT2D eigenvalue weighted by Crippen LogP contribution is -2.01. The Hall–Kier alpha value is -2.70. The van der Waals surface area contributed by atoms with Crippen LogP contribution < -0.4 is 15.2 Å². The van der Waals surface area contributed by atoms with Crippen LogP contribution in [0.1, 0.15) is 10.5 Å². The van der Waals surface area contributed by atoms with Crippen LogP contribution in [-0.2, 0) is 7.05 Å². The largest absolute Gasteiger partial charge is 0.497 e. The van der Waals surface area contributed by atoms with Crippen LogP contribution in [0.3, 0.4) is 0 Å². The van der Waals surface area contributed by atoms with E-state index in [2.05, 4.69) is 5.10 Å². The number of aromatic nitrogens is 2. The zero-order valence-corrected chi connectivity index (χ0v) is 11.4. The van der Waals surface area contributed by atoms with Gasteiger partial charge in [0.15, 0.2) is 5.69 Å². The topological polar surface area (TPSA) is 99.6 Å². The molecule has 0 radical (unpaired) electrons. The van der Waals surface area contributed by atoms with E-state index in [-0.39, 0.29) is 11.5 Å². The van der Waals surface area contributed by atoms with Gasteiger partial charge in [-0.1, -0.05) is 0 Å². The minimum absolute atomic E-state index is 0.128. The smallest absolute Gasteiger partial charge is 0.357 e. The van der Waals surface area contributed by atoms with Gasteiger partial charge in [-0.25, -0.2) is 4.79 Å². The Morgan fingerprint density at radius 1 is 1.35 bits per heavy atom. The molecule has 0 aliphatic heterocycles. The van der Waals surface area contributed by atoms with Crippen molar-refractivity contribution in [3.05, 3.63) is 23.9 Å². The summed E-state index contributed by atoms with van der Waals surface area (Å²) in [6, 6.07) is 5.07. The third-order valence-corrected chi connectivity index (χ3v) is 2.97. The van der Waals surface area contributed by atoms with E-state index in [1.807, 2.05) is 0 Å². The quantitative estimate of drug-likeness (QED) is 0.876. The molecule has 0 aliphatic rings. The number of hydrogen-bond donors (Lipinski definition) is 2. The molecule has 0 fully saturated rings. The zero-order chi connectivity index (χ0) is 14.9. The Kier molecular flexibility index (Phi) is 3.51. The monoisotopic (exact) mass is 277 g/mol. The number of methoxy groups -OCH3 is 2. The van der Waals surface area contributed by atoms with Gasteiger partial charge in [-0.2, -0.15) is 5.10 Å². The van der Waals surface area contributed by atoms with Gasteiger partial charge in [0.05, 0.1) is 19.8 Å². The molecule has 106 valence electrons. The van der Waals surface area contributed by atoms with E-state index in [4.69, 9.17) is 15.2 Å². The molecule has 0 saturated heterocycles. The van der Waals surface area contributed by atoms with Gasteiger partial charge in [-0.3, -0.25) is 4.68 Å². The van der Waals surface area contributed by atoms with Crippen molar-refractivity contribution >= 4 is 11.8 Å². The molecule has 1 heterocycles. The van der Waals surface area contributed by atoms with Crippen LogP contribution in [0.25, 0.3) is 11.1 Å². The summed E-state index contributed by atoms with van der Waals surface area (Å²) in [4.78, 5) is 11.3. The normalized spacial score (nSPS) is 10.3. The summed E-state index contributed by atoms with van der Waals surface area (Å²) >= 11 is 0. The third kappa shape index (κ3) is 2.13. The summed E-state index contributed by atoms with van der Waals surface area (Å²) in [5.41, 5.74) is 6.64. The van der Waals surface area contributed by atoms with Crippen LogP contribution >= 0.6 is 0 Å². The van der Waals surface area contributed by atoms with Crippen molar-refractivity contribution < 1.29 is 19.4 Å². The first kappa shape index (κ1) is 13.7. The van der Waals surface area contributed by atoms with Gasteiger partial charge in [0.25, 0.3) is 0 Å². The second kappa shape index (κ2) is 5.12. The number of carbonyl (C=O) groups is 1. The molecule has 0 amide bonds. The number of carboxylic acids is 1. The maximum atomic E-state index is 11.3. The number of hydrogen-bond acceptors (Lipinski definition) is 5. The summed E-state index contributed by atoms with van der Waals surface area (Å²) in [5, 5.41) is 13.2. The molecule has 0 saturated carbocycles. The number of ether oxygens (including phenoxy) is 2. The Bertz CT molecular complexity index is 664. The van der Waals surface area contributed by atoms with Crippen molar-refractivity contribution in [3.8, 4) is 22.6 Å². The number of anilines is 1. The van der Waals surface area contributed by atoms with Gasteiger partial charge < -0.3 is 20.3 Å². The number of nitrogens with two attached hydrogens (primary N) is 1. The van der Waals surface area contributed by atoms with Crippen LogP contribution in [0.5, 0.6) is 11.5 Å². The van der Waals surface area contributed by atoms with Crippen LogP contribution in [0.2, 0.25) is 0 Å². The molecule has 0 atom stereocenters. The summed E-state index contributed by atoms with van der Waals surface area (Å²) in [6.07, 6.45) is 0. The van der Waals surface area contributed by atoms with Gasteiger partial charge >= 0.3 is 5.97 Å². The third-order valence-electron chi connectivity index (χ3n) is 2.97. The molecule has 0 aliphatic carbocycles. The molecule has 7 heteroatoms. The predicted molar refractivity (Wildman–Crippen MR) is 73.1 cm³/mol. The minimum atomic E-state index is -1.16. The van der Waals surface area contributed by atoms with E-state index in [0.717, 1.165) is 0 Å². The van der Waals surface area contributed by atoms with Crippen LogP contribution in [0.4, 0.5) is 5.82 Å². The summed E-state index contributed by atoms with van der Waals surface area (Å²) in [7, 11) is 4.60. The number of aromatic carboxylic acids is 1. The molecule has 0 bridgehead atoms. The molecule has 7 nitrogen and oxygen atoms in total. The van der Waals surface area contributed by atoms with Crippen molar-refractivity contribution in [2.24, 2.45) is 7.05 Å². The number of nitrogens with zero attached hydrogens (tertiary/aromatic N) is 2. The zero-order valence-electron chi connectivity index (χ0n) is 11.4. The number of carboxylic acid groups (broad SMARTS) is 1. The Morgan fingerprint density at radius 2 is 2.05 bits per heavy atom. The average Bonchev–Trinajstić information content (AvgIpc) is 2.74. The average molecular weight is 277 g/mol. The van der Waals surface area contributed by atoms with Gasteiger partial charge in [-0.05, 0) is 18.2 Å². The molecule has 2 aromatic rings. The van der Waals surface area contributed by atoms with E-state index in [1.165, 1.54) is 18.9 Å².